The summed E-state index contributed by atoms with van der Waals surface area (Å²) >= 11 is 5.17. The van der Waals surface area contributed by atoms with Crippen LogP contribution in [0.5, 0.6) is 5.75 Å². The van der Waals surface area contributed by atoms with Gasteiger partial charge < -0.3 is 10.1 Å². The number of non-ortho nitro benzene ring substituents is 1. The third kappa shape index (κ3) is 8.19. The molecule has 3 aromatic rings. The van der Waals surface area contributed by atoms with Gasteiger partial charge in [-0.1, -0.05) is 30.3 Å². The van der Waals surface area contributed by atoms with Crippen LogP contribution in [0.2, 0.25) is 0 Å². The number of hydrogen-bond acceptors (Lipinski definition) is 5. The number of rotatable bonds is 9. The molecule has 7 nitrogen and oxygen atoms in total. The van der Waals surface area contributed by atoms with Gasteiger partial charge in [0, 0.05) is 23.9 Å². The molecule has 33 heavy (non-hydrogen) atoms. The first kappa shape index (κ1) is 23.6. The zero-order valence-electron chi connectivity index (χ0n) is 17.8. The van der Waals surface area contributed by atoms with Crippen LogP contribution in [0.4, 0.5) is 11.4 Å². The topological polar surface area (TPSA) is 93.5 Å². The standard InChI is InChI=1S/C25H23N3O4S/c29-24(17-10-20-8-13-22(14-9-20)28(30)31)27-25(33)26-21-11-15-23(16-12-21)32-18-4-7-19-5-2-1-3-6-19/h1-3,5-6,8-17H,4,7,18H2,(H2,26,27,29,33)/b17-10+. The number of amides is 1. The molecule has 0 fully saturated rings. The molecule has 8 heteroatoms. The number of nitrogens with one attached hydrogen (secondary N) is 2. The Labute approximate surface area is 197 Å². The van der Waals surface area contributed by atoms with Crippen molar-refractivity contribution in [1.82, 2.24) is 5.32 Å². The van der Waals surface area contributed by atoms with E-state index in [0.717, 1.165) is 24.3 Å². The van der Waals surface area contributed by atoms with Crippen LogP contribution in [0.15, 0.2) is 84.9 Å². The van der Waals surface area contributed by atoms with Crippen molar-refractivity contribution < 1.29 is 14.5 Å². The van der Waals surface area contributed by atoms with Crippen LogP contribution in [0, 0.1) is 10.1 Å². The Morgan fingerprint density at radius 2 is 1.70 bits per heavy atom. The largest absolute Gasteiger partial charge is 0.494 e. The van der Waals surface area contributed by atoms with Crippen LogP contribution in [-0.4, -0.2) is 22.5 Å². The molecular weight excluding hydrogens is 438 g/mol. The number of anilines is 1. The highest BCUT2D eigenvalue weighted by Crippen LogP contribution is 2.16. The maximum absolute atomic E-state index is 12.0. The average molecular weight is 462 g/mol. The molecule has 0 aliphatic rings. The smallest absolute Gasteiger partial charge is 0.269 e. The highest BCUT2D eigenvalue weighted by Gasteiger charge is 2.04. The fourth-order valence-corrected chi connectivity index (χ4v) is 3.16. The maximum Gasteiger partial charge on any atom is 0.269 e. The third-order valence-electron chi connectivity index (χ3n) is 4.60. The van der Waals surface area contributed by atoms with Gasteiger partial charge in [-0.2, -0.15) is 0 Å². The van der Waals surface area contributed by atoms with Crippen molar-refractivity contribution >= 4 is 40.7 Å². The van der Waals surface area contributed by atoms with Crippen LogP contribution < -0.4 is 15.4 Å². The molecule has 0 unspecified atom stereocenters. The van der Waals surface area contributed by atoms with E-state index in [4.69, 9.17) is 17.0 Å². The summed E-state index contributed by atoms with van der Waals surface area (Å²) < 4.78 is 5.77. The van der Waals surface area contributed by atoms with Crippen molar-refractivity contribution in [3.8, 4) is 5.75 Å². The quantitative estimate of drug-likeness (QED) is 0.151. The maximum atomic E-state index is 12.0. The van der Waals surface area contributed by atoms with Gasteiger partial charge in [-0.05, 0) is 78.7 Å². The summed E-state index contributed by atoms with van der Waals surface area (Å²) in [5, 5.41) is 16.3. The second-order valence-corrected chi connectivity index (χ2v) is 7.50. The number of nitro groups is 1. The first-order valence-electron chi connectivity index (χ1n) is 10.3. The molecule has 0 aliphatic heterocycles. The van der Waals surface area contributed by atoms with E-state index in [0.29, 0.717) is 12.2 Å². The fourth-order valence-electron chi connectivity index (χ4n) is 2.94. The van der Waals surface area contributed by atoms with E-state index in [9.17, 15) is 14.9 Å². The zero-order chi connectivity index (χ0) is 23.5. The predicted octanol–water partition coefficient (Wildman–Crippen LogP) is 5.13. The second kappa shape index (κ2) is 12.1. The number of benzene rings is 3. The second-order valence-electron chi connectivity index (χ2n) is 7.09. The summed E-state index contributed by atoms with van der Waals surface area (Å²) in [6.07, 6.45) is 4.74. The van der Waals surface area contributed by atoms with Gasteiger partial charge in [0.05, 0.1) is 11.5 Å². The van der Waals surface area contributed by atoms with Crippen LogP contribution in [0.1, 0.15) is 17.5 Å². The average Bonchev–Trinajstić information content (AvgIpc) is 2.82. The Morgan fingerprint density at radius 1 is 1.00 bits per heavy atom. The minimum absolute atomic E-state index is 0.00872. The highest BCUT2D eigenvalue weighted by molar-refractivity contribution is 7.80. The lowest BCUT2D eigenvalue weighted by Crippen LogP contribution is -2.32. The van der Waals surface area contributed by atoms with Crippen molar-refractivity contribution in [3.05, 3.63) is 106 Å². The molecular formula is C25H23N3O4S. The lowest BCUT2D eigenvalue weighted by molar-refractivity contribution is -0.384. The minimum atomic E-state index is -0.477. The van der Waals surface area contributed by atoms with Gasteiger partial charge in [0.25, 0.3) is 5.69 Å². The Morgan fingerprint density at radius 3 is 2.36 bits per heavy atom. The lowest BCUT2D eigenvalue weighted by atomic mass is 10.1. The molecule has 0 radical (unpaired) electrons. The van der Waals surface area contributed by atoms with E-state index < -0.39 is 10.8 Å². The van der Waals surface area contributed by atoms with E-state index in [-0.39, 0.29) is 10.8 Å². The number of hydrogen-bond donors (Lipinski definition) is 2. The molecule has 0 atom stereocenters. The fraction of sp³-hybridized carbons (Fsp3) is 0.120. The summed E-state index contributed by atoms with van der Waals surface area (Å²) in [5.74, 6) is 0.346. The molecule has 168 valence electrons. The Balaban J connectivity index is 1.39. The van der Waals surface area contributed by atoms with Crippen LogP contribution >= 0.6 is 12.2 Å². The number of aryl methyl sites for hydroxylation is 1. The van der Waals surface area contributed by atoms with Gasteiger partial charge >= 0.3 is 0 Å². The van der Waals surface area contributed by atoms with Crippen LogP contribution in [0.25, 0.3) is 6.08 Å². The van der Waals surface area contributed by atoms with Gasteiger partial charge in [-0.25, -0.2) is 0 Å². The summed E-state index contributed by atoms with van der Waals surface area (Å²) in [5.41, 5.74) is 2.66. The SMILES string of the molecule is O=C(/C=C/c1ccc([N+](=O)[O-])cc1)NC(=S)Nc1ccc(OCCCc2ccccc2)cc1. The molecule has 0 bridgehead atoms. The Kier molecular flexibility index (Phi) is 8.67. The van der Waals surface area contributed by atoms with Crippen molar-refractivity contribution in [2.45, 2.75) is 12.8 Å². The predicted molar refractivity (Wildman–Crippen MR) is 133 cm³/mol. The molecule has 0 aliphatic carbocycles. The third-order valence-corrected chi connectivity index (χ3v) is 4.81. The Bertz CT molecular complexity index is 1110. The number of nitrogens with zero attached hydrogens (tertiary/aromatic N) is 1. The van der Waals surface area contributed by atoms with Gasteiger partial charge in [0.15, 0.2) is 5.11 Å². The Hall–Kier alpha value is -4.04. The van der Waals surface area contributed by atoms with Crippen LogP contribution in [-0.2, 0) is 11.2 Å². The van der Waals surface area contributed by atoms with E-state index in [1.807, 2.05) is 42.5 Å². The van der Waals surface area contributed by atoms with E-state index in [2.05, 4.69) is 22.8 Å². The van der Waals surface area contributed by atoms with E-state index in [1.165, 1.54) is 23.8 Å². The van der Waals surface area contributed by atoms with Gasteiger partial charge in [-0.15, -0.1) is 0 Å². The minimum Gasteiger partial charge on any atom is -0.494 e. The molecule has 0 aromatic heterocycles. The molecule has 2 N–H and O–H groups in total. The summed E-state index contributed by atoms with van der Waals surface area (Å²) in [4.78, 5) is 22.2. The number of nitro benzene ring substituents is 1. The monoisotopic (exact) mass is 461 g/mol. The van der Waals surface area contributed by atoms with Gasteiger partial charge in [0.2, 0.25) is 5.91 Å². The molecule has 3 aromatic carbocycles. The van der Waals surface area contributed by atoms with E-state index >= 15 is 0 Å². The molecule has 0 heterocycles. The molecule has 0 spiro atoms. The number of carbonyl (C=O) groups is 1. The number of carbonyl (C=O) groups excluding carboxylic acids is 1. The van der Waals surface area contributed by atoms with Gasteiger partial charge in [0.1, 0.15) is 5.75 Å². The molecule has 0 saturated heterocycles. The summed E-state index contributed by atoms with van der Waals surface area (Å²) in [6.45, 7) is 0.622. The van der Waals surface area contributed by atoms with Crippen molar-refractivity contribution in [2.75, 3.05) is 11.9 Å². The van der Waals surface area contributed by atoms with Crippen LogP contribution in [0.3, 0.4) is 0 Å². The first-order valence-corrected chi connectivity index (χ1v) is 10.7. The van der Waals surface area contributed by atoms with Crippen molar-refractivity contribution in [1.29, 1.82) is 0 Å². The van der Waals surface area contributed by atoms with E-state index in [1.54, 1.807) is 18.2 Å². The normalized spacial score (nSPS) is 10.5. The zero-order valence-corrected chi connectivity index (χ0v) is 18.6. The molecule has 0 saturated carbocycles. The van der Waals surface area contributed by atoms with Crippen molar-refractivity contribution in [3.63, 3.8) is 0 Å². The first-order chi connectivity index (χ1) is 16.0. The summed E-state index contributed by atoms with van der Waals surface area (Å²) in [6, 6.07) is 23.5. The molecule has 1 amide bonds. The lowest BCUT2D eigenvalue weighted by Gasteiger charge is -2.10. The number of ether oxygens (including phenoxy) is 1. The summed E-state index contributed by atoms with van der Waals surface area (Å²) in [7, 11) is 0. The highest BCUT2D eigenvalue weighted by atomic mass is 32.1. The van der Waals surface area contributed by atoms with Crippen molar-refractivity contribution in [2.24, 2.45) is 0 Å². The molecule has 3 rings (SSSR count). The van der Waals surface area contributed by atoms with Gasteiger partial charge in [-0.3, -0.25) is 20.2 Å². The number of thiocarbonyl (C=S) groups is 1.